The van der Waals surface area contributed by atoms with E-state index < -0.39 is 4.92 Å². The maximum Gasteiger partial charge on any atom is 0.270 e. The lowest BCUT2D eigenvalue weighted by atomic mass is 10.0. The summed E-state index contributed by atoms with van der Waals surface area (Å²) in [6.07, 6.45) is 4.88. The van der Waals surface area contributed by atoms with Crippen molar-refractivity contribution >= 4 is 11.6 Å². The zero-order valence-electron chi connectivity index (χ0n) is 21.0. The van der Waals surface area contributed by atoms with Crippen molar-refractivity contribution < 1.29 is 14.5 Å². The van der Waals surface area contributed by atoms with Gasteiger partial charge in [0.05, 0.1) is 30.0 Å². The second-order valence-electron chi connectivity index (χ2n) is 9.67. The molecule has 5 rings (SSSR count). The maximum atomic E-state index is 13.6. The minimum Gasteiger partial charge on any atom is -0.494 e. The Balaban J connectivity index is 1.53. The van der Waals surface area contributed by atoms with Crippen LogP contribution >= 0.6 is 0 Å². The average molecular weight is 502 g/mol. The van der Waals surface area contributed by atoms with Crippen molar-refractivity contribution in [2.24, 2.45) is 5.92 Å². The SMILES string of the molecule is C=CCN1CCc2c(c(CN(CC3CC3)C(=O)c3cccc([N+](=O)[O-])c3)nn2-c2ccccc2OC)C1. The summed E-state index contributed by atoms with van der Waals surface area (Å²) >= 11 is 0. The summed E-state index contributed by atoms with van der Waals surface area (Å²) < 4.78 is 7.58. The van der Waals surface area contributed by atoms with Crippen molar-refractivity contribution in [3.8, 4) is 11.4 Å². The van der Waals surface area contributed by atoms with Crippen LogP contribution in [0, 0.1) is 16.0 Å². The Labute approximate surface area is 216 Å². The number of aromatic nitrogens is 2. The van der Waals surface area contributed by atoms with Crippen LogP contribution in [0.1, 0.15) is 40.2 Å². The molecule has 1 aliphatic heterocycles. The molecule has 3 aromatic rings. The first-order valence-corrected chi connectivity index (χ1v) is 12.6. The number of hydrogen-bond acceptors (Lipinski definition) is 6. The number of nitro benzene ring substituents is 1. The molecule has 1 saturated carbocycles. The number of hydrogen-bond donors (Lipinski definition) is 0. The van der Waals surface area contributed by atoms with Crippen molar-refractivity contribution in [3.05, 3.63) is 93.8 Å². The molecular formula is C28H31N5O4. The van der Waals surface area contributed by atoms with Gasteiger partial charge in [-0.1, -0.05) is 24.3 Å². The second-order valence-corrected chi connectivity index (χ2v) is 9.67. The fourth-order valence-electron chi connectivity index (χ4n) is 4.96. The molecular weight excluding hydrogens is 470 g/mol. The van der Waals surface area contributed by atoms with Crippen LogP contribution in [0.2, 0.25) is 0 Å². The van der Waals surface area contributed by atoms with Gasteiger partial charge >= 0.3 is 0 Å². The van der Waals surface area contributed by atoms with E-state index in [-0.39, 0.29) is 11.6 Å². The highest BCUT2D eigenvalue weighted by atomic mass is 16.6. The van der Waals surface area contributed by atoms with E-state index in [2.05, 4.69) is 11.5 Å². The fraction of sp³-hybridized carbons (Fsp3) is 0.357. The van der Waals surface area contributed by atoms with Crippen LogP contribution in [-0.2, 0) is 19.5 Å². The molecule has 2 aliphatic rings. The number of non-ortho nitro benzene ring substituents is 1. The van der Waals surface area contributed by atoms with E-state index in [0.717, 1.165) is 60.7 Å². The van der Waals surface area contributed by atoms with Crippen LogP contribution < -0.4 is 4.74 Å². The van der Waals surface area contributed by atoms with Gasteiger partial charge in [-0.15, -0.1) is 6.58 Å². The summed E-state index contributed by atoms with van der Waals surface area (Å²) in [6.45, 7) is 7.21. The summed E-state index contributed by atoms with van der Waals surface area (Å²) in [5, 5.41) is 16.3. The number of nitrogens with zero attached hydrogens (tertiary/aromatic N) is 5. The molecule has 0 atom stereocenters. The number of amides is 1. The molecule has 9 nitrogen and oxygen atoms in total. The van der Waals surface area contributed by atoms with Crippen molar-refractivity contribution in [1.82, 2.24) is 19.6 Å². The molecule has 1 fully saturated rings. The van der Waals surface area contributed by atoms with Crippen molar-refractivity contribution in [3.63, 3.8) is 0 Å². The average Bonchev–Trinajstić information content (AvgIpc) is 3.68. The summed E-state index contributed by atoms with van der Waals surface area (Å²) in [6, 6.07) is 13.8. The molecule has 2 aromatic carbocycles. The number of methoxy groups -OCH3 is 1. The minimum atomic E-state index is -0.471. The third kappa shape index (κ3) is 5.27. The van der Waals surface area contributed by atoms with Crippen LogP contribution in [0.4, 0.5) is 5.69 Å². The molecule has 1 amide bonds. The molecule has 1 aliphatic carbocycles. The summed E-state index contributed by atoms with van der Waals surface area (Å²) in [5.74, 6) is 0.970. The van der Waals surface area contributed by atoms with E-state index >= 15 is 0 Å². The maximum absolute atomic E-state index is 13.6. The van der Waals surface area contributed by atoms with Gasteiger partial charge in [-0.05, 0) is 37.0 Å². The van der Waals surface area contributed by atoms with E-state index in [1.807, 2.05) is 35.0 Å². The second kappa shape index (κ2) is 10.6. The highest BCUT2D eigenvalue weighted by Gasteiger charge is 2.31. The molecule has 0 N–H and O–H groups in total. The zero-order valence-corrected chi connectivity index (χ0v) is 21.0. The number of benzene rings is 2. The molecule has 0 bridgehead atoms. The van der Waals surface area contributed by atoms with Gasteiger partial charge in [0, 0.05) is 55.9 Å². The minimum absolute atomic E-state index is 0.0879. The van der Waals surface area contributed by atoms with Gasteiger partial charge in [0.25, 0.3) is 11.6 Å². The topological polar surface area (TPSA) is 93.7 Å². The van der Waals surface area contributed by atoms with Crippen molar-refractivity contribution in [1.29, 1.82) is 0 Å². The van der Waals surface area contributed by atoms with Gasteiger partial charge in [-0.25, -0.2) is 4.68 Å². The van der Waals surface area contributed by atoms with Gasteiger partial charge in [0.1, 0.15) is 11.4 Å². The Morgan fingerprint density at radius 2 is 2.08 bits per heavy atom. The van der Waals surface area contributed by atoms with Crippen LogP contribution in [-0.4, -0.2) is 57.2 Å². The first kappa shape index (κ1) is 24.7. The number of nitro groups is 1. The molecule has 0 unspecified atom stereocenters. The number of para-hydroxylation sites is 2. The molecule has 1 aromatic heterocycles. The van der Waals surface area contributed by atoms with E-state index in [1.54, 1.807) is 24.1 Å². The smallest absolute Gasteiger partial charge is 0.270 e. The quantitative estimate of drug-likeness (QED) is 0.232. The highest BCUT2D eigenvalue weighted by Crippen LogP contribution is 2.33. The molecule has 0 spiro atoms. The van der Waals surface area contributed by atoms with Gasteiger partial charge in [0.15, 0.2) is 0 Å². The van der Waals surface area contributed by atoms with Gasteiger partial charge in [0.2, 0.25) is 0 Å². The first-order chi connectivity index (χ1) is 18.0. The third-order valence-electron chi connectivity index (χ3n) is 7.03. The van der Waals surface area contributed by atoms with Crippen LogP contribution in [0.3, 0.4) is 0 Å². The normalized spacial score (nSPS) is 15.2. The van der Waals surface area contributed by atoms with Crippen LogP contribution in [0.15, 0.2) is 61.2 Å². The molecule has 37 heavy (non-hydrogen) atoms. The Morgan fingerprint density at radius 1 is 1.27 bits per heavy atom. The van der Waals surface area contributed by atoms with Gasteiger partial charge in [-0.3, -0.25) is 19.8 Å². The lowest BCUT2D eigenvalue weighted by Gasteiger charge is -2.28. The van der Waals surface area contributed by atoms with E-state index in [9.17, 15) is 14.9 Å². The van der Waals surface area contributed by atoms with Crippen LogP contribution in [0.25, 0.3) is 5.69 Å². The highest BCUT2D eigenvalue weighted by molar-refractivity contribution is 5.94. The van der Waals surface area contributed by atoms with E-state index in [1.165, 1.54) is 12.1 Å². The summed E-state index contributed by atoms with van der Waals surface area (Å²) in [7, 11) is 1.65. The summed E-state index contributed by atoms with van der Waals surface area (Å²) in [4.78, 5) is 28.6. The number of fused-ring (bicyclic) bond motifs is 1. The number of ether oxygens (including phenoxy) is 1. The first-order valence-electron chi connectivity index (χ1n) is 12.6. The molecule has 0 radical (unpaired) electrons. The molecule has 192 valence electrons. The Hall–Kier alpha value is -3.98. The summed E-state index contributed by atoms with van der Waals surface area (Å²) in [5.41, 5.74) is 4.18. The predicted molar refractivity (Wildman–Crippen MR) is 140 cm³/mol. The van der Waals surface area contributed by atoms with Gasteiger partial charge in [-0.2, -0.15) is 5.10 Å². The third-order valence-corrected chi connectivity index (χ3v) is 7.03. The Morgan fingerprint density at radius 3 is 2.81 bits per heavy atom. The predicted octanol–water partition coefficient (Wildman–Crippen LogP) is 4.39. The number of rotatable bonds is 10. The fourth-order valence-corrected chi connectivity index (χ4v) is 4.96. The Kier molecular flexibility index (Phi) is 7.05. The lowest BCUT2D eigenvalue weighted by molar-refractivity contribution is -0.384. The van der Waals surface area contributed by atoms with Crippen molar-refractivity contribution in [2.45, 2.75) is 32.4 Å². The lowest BCUT2D eigenvalue weighted by Crippen LogP contribution is -2.34. The number of carbonyl (C=O) groups excluding carboxylic acids is 1. The molecule has 2 heterocycles. The monoisotopic (exact) mass is 501 g/mol. The number of carbonyl (C=O) groups is 1. The van der Waals surface area contributed by atoms with Gasteiger partial charge < -0.3 is 9.64 Å². The van der Waals surface area contributed by atoms with E-state index in [0.29, 0.717) is 31.1 Å². The standard InChI is InChI=1S/C28H31N5O4/c1-3-14-30-15-13-25-23(18-30)24(29-32(25)26-9-4-5-10-27(26)37-2)19-31(17-20-11-12-20)28(34)21-7-6-8-22(16-21)33(35)36/h3-10,16,20H,1,11-15,17-19H2,2H3. The van der Waals surface area contributed by atoms with E-state index in [4.69, 9.17) is 9.84 Å². The molecule has 9 heteroatoms. The van der Waals surface area contributed by atoms with Crippen molar-refractivity contribution in [2.75, 3.05) is 26.7 Å². The van der Waals surface area contributed by atoms with Crippen LogP contribution in [0.5, 0.6) is 5.75 Å². The zero-order chi connectivity index (χ0) is 25.9. The largest absolute Gasteiger partial charge is 0.494 e. The Bertz CT molecular complexity index is 1330. The molecule has 0 saturated heterocycles.